The maximum absolute atomic E-state index is 10.8. The van der Waals surface area contributed by atoms with Gasteiger partial charge >= 0.3 is 5.97 Å². The number of methoxy groups -OCH3 is 1. The lowest BCUT2D eigenvalue weighted by atomic mass is 9.78. The average Bonchev–Trinajstić information content (AvgIpc) is 2.28. The van der Waals surface area contributed by atoms with Crippen LogP contribution in [0.3, 0.4) is 0 Å². The molecule has 3 N–H and O–H groups in total. The Morgan fingerprint density at radius 2 is 2.06 bits per heavy atom. The molecule has 0 bridgehead atoms. The van der Waals surface area contributed by atoms with Gasteiger partial charge in [0, 0.05) is 0 Å². The first-order valence-corrected chi connectivity index (χ1v) is 5.50. The average molecular weight is 237 g/mol. The third-order valence-electron chi connectivity index (χ3n) is 2.88. The van der Waals surface area contributed by atoms with Crippen molar-refractivity contribution in [1.82, 2.24) is 0 Å². The van der Waals surface area contributed by atoms with E-state index in [4.69, 9.17) is 15.6 Å². The highest BCUT2D eigenvalue weighted by atomic mass is 16.5. The van der Waals surface area contributed by atoms with Crippen molar-refractivity contribution in [3.05, 3.63) is 29.8 Å². The van der Waals surface area contributed by atoms with Crippen LogP contribution in [0.1, 0.15) is 25.8 Å². The molecule has 0 spiro atoms. The molecule has 94 valence electrons. The van der Waals surface area contributed by atoms with Crippen LogP contribution in [0.25, 0.3) is 0 Å². The molecule has 1 rings (SSSR count). The molecule has 0 fully saturated rings. The summed E-state index contributed by atoms with van der Waals surface area (Å²) in [5, 5.41) is 8.86. The van der Waals surface area contributed by atoms with Gasteiger partial charge in [-0.25, -0.2) is 0 Å². The highest BCUT2D eigenvalue weighted by molar-refractivity contribution is 5.73. The molecular formula is C13H19NO3. The zero-order chi connectivity index (χ0) is 13.1. The quantitative estimate of drug-likeness (QED) is 0.818. The molecular weight excluding hydrogens is 218 g/mol. The van der Waals surface area contributed by atoms with Gasteiger partial charge in [-0.3, -0.25) is 4.79 Å². The highest BCUT2D eigenvalue weighted by Crippen LogP contribution is 2.34. The number of aliphatic carboxylic acids is 1. The Morgan fingerprint density at radius 1 is 1.47 bits per heavy atom. The number of para-hydroxylation sites is 1. The van der Waals surface area contributed by atoms with Gasteiger partial charge in [-0.2, -0.15) is 0 Å². The lowest BCUT2D eigenvalue weighted by Crippen LogP contribution is -2.37. The minimum atomic E-state index is -0.979. The fourth-order valence-corrected chi connectivity index (χ4v) is 1.95. The summed E-state index contributed by atoms with van der Waals surface area (Å²) < 4.78 is 5.29. The topological polar surface area (TPSA) is 72.5 Å². The van der Waals surface area contributed by atoms with E-state index in [-0.39, 0.29) is 5.41 Å². The SMILES string of the molecule is COc1ccccc1C(C)(C)CC(N)C(=O)O. The molecule has 0 saturated carbocycles. The molecule has 1 unspecified atom stereocenters. The second kappa shape index (κ2) is 5.19. The Kier molecular flexibility index (Phi) is 4.12. The van der Waals surface area contributed by atoms with Crippen LogP contribution in [0.5, 0.6) is 5.75 Å². The molecule has 0 saturated heterocycles. The molecule has 0 aliphatic carbocycles. The number of carboxylic acids is 1. The molecule has 1 aromatic carbocycles. The van der Waals surface area contributed by atoms with Crippen molar-refractivity contribution in [1.29, 1.82) is 0 Å². The van der Waals surface area contributed by atoms with E-state index in [1.54, 1.807) is 7.11 Å². The summed E-state index contributed by atoms with van der Waals surface area (Å²) in [6, 6.07) is 6.73. The summed E-state index contributed by atoms with van der Waals surface area (Å²) in [6.45, 7) is 3.93. The molecule has 0 aliphatic rings. The van der Waals surface area contributed by atoms with Crippen LogP contribution >= 0.6 is 0 Å². The molecule has 4 nitrogen and oxygen atoms in total. The van der Waals surface area contributed by atoms with Crippen molar-refractivity contribution in [2.75, 3.05) is 7.11 Å². The van der Waals surface area contributed by atoms with E-state index in [0.717, 1.165) is 11.3 Å². The third-order valence-corrected chi connectivity index (χ3v) is 2.88. The molecule has 0 heterocycles. The zero-order valence-corrected chi connectivity index (χ0v) is 10.4. The number of carboxylic acid groups (broad SMARTS) is 1. The Balaban J connectivity index is 2.99. The van der Waals surface area contributed by atoms with Gasteiger partial charge in [0.05, 0.1) is 7.11 Å². The smallest absolute Gasteiger partial charge is 0.320 e. The van der Waals surface area contributed by atoms with E-state index in [1.165, 1.54) is 0 Å². The maximum Gasteiger partial charge on any atom is 0.320 e. The number of hydrogen-bond acceptors (Lipinski definition) is 3. The van der Waals surface area contributed by atoms with E-state index in [2.05, 4.69) is 0 Å². The summed E-state index contributed by atoms with van der Waals surface area (Å²) in [5.74, 6) is -0.219. The molecule has 17 heavy (non-hydrogen) atoms. The van der Waals surface area contributed by atoms with Crippen LogP contribution in [-0.2, 0) is 10.2 Å². The predicted molar refractivity (Wildman–Crippen MR) is 66.2 cm³/mol. The van der Waals surface area contributed by atoms with Crippen LogP contribution in [0.2, 0.25) is 0 Å². The second-order valence-electron chi connectivity index (χ2n) is 4.73. The Labute approximate surface area is 101 Å². The van der Waals surface area contributed by atoms with Crippen LogP contribution in [0.4, 0.5) is 0 Å². The Morgan fingerprint density at radius 3 is 2.59 bits per heavy atom. The molecule has 0 aliphatic heterocycles. The van der Waals surface area contributed by atoms with E-state index in [9.17, 15) is 4.79 Å². The van der Waals surface area contributed by atoms with Crippen molar-refractivity contribution in [3.8, 4) is 5.75 Å². The second-order valence-corrected chi connectivity index (χ2v) is 4.73. The minimum absolute atomic E-state index is 0.343. The maximum atomic E-state index is 10.8. The van der Waals surface area contributed by atoms with Gasteiger partial charge in [-0.05, 0) is 23.5 Å². The monoisotopic (exact) mass is 237 g/mol. The van der Waals surface area contributed by atoms with Gasteiger partial charge in [-0.1, -0.05) is 32.0 Å². The number of benzene rings is 1. The molecule has 0 radical (unpaired) electrons. The highest BCUT2D eigenvalue weighted by Gasteiger charge is 2.29. The van der Waals surface area contributed by atoms with Crippen LogP contribution in [0.15, 0.2) is 24.3 Å². The summed E-state index contributed by atoms with van der Waals surface area (Å²) >= 11 is 0. The van der Waals surface area contributed by atoms with E-state index in [1.807, 2.05) is 38.1 Å². The third kappa shape index (κ3) is 3.20. The van der Waals surface area contributed by atoms with Gasteiger partial charge in [0.15, 0.2) is 0 Å². The summed E-state index contributed by atoms with van der Waals surface area (Å²) in [7, 11) is 1.60. The number of hydrogen-bond donors (Lipinski definition) is 2. The number of carbonyl (C=O) groups is 1. The van der Waals surface area contributed by atoms with Crippen LogP contribution in [0, 0.1) is 0 Å². The number of nitrogens with two attached hydrogens (primary N) is 1. The van der Waals surface area contributed by atoms with Crippen molar-refractivity contribution in [3.63, 3.8) is 0 Å². The van der Waals surface area contributed by atoms with Gasteiger partial charge in [0.2, 0.25) is 0 Å². The standard InChI is InChI=1S/C13H19NO3/c1-13(2,8-10(14)12(15)16)9-6-4-5-7-11(9)17-3/h4-7,10H,8,14H2,1-3H3,(H,15,16). The van der Waals surface area contributed by atoms with Gasteiger partial charge in [0.1, 0.15) is 11.8 Å². The molecule has 0 amide bonds. The van der Waals surface area contributed by atoms with E-state index < -0.39 is 12.0 Å². The lowest BCUT2D eigenvalue weighted by molar-refractivity contribution is -0.139. The largest absolute Gasteiger partial charge is 0.496 e. The first kappa shape index (κ1) is 13.5. The summed E-state index contributed by atoms with van der Waals surface area (Å²) in [5.41, 5.74) is 6.22. The van der Waals surface area contributed by atoms with Crippen molar-refractivity contribution >= 4 is 5.97 Å². The summed E-state index contributed by atoms with van der Waals surface area (Å²) in [6.07, 6.45) is 0.364. The van der Waals surface area contributed by atoms with E-state index in [0.29, 0.717) is 6.42 Å². The van der Waals surface area contributed by atoms with E-state index >= 15 is 0 Å². The molecule has 0 aromatic heterocycles. The predicted octanol–water partition coefficient (Wildman–Crippen LogP) is 1.77. The van der Waals surface area contributed by atoms with Crippen molar-refractivity contribution < 1.29 is 14.6 Å². The first-order valence-electron chi connectivity index (χ1n) is 5.50. The number of ether oxygens (including phenoxy) is 1. The Bertz CT molecular complexity index is 401. The Hall–Kier alpha value is -1.55. The number of rotatable bonds is 5. The fourth-order valence-electron chi connectivity index (χ4n) is 1.95. The fraction of sp³-hybridized carbons (Fsp3) is 0.462. The summed E-state index contributed by atoms with van der Waals surface area (Å²) in [4.78, 5) is 10.8. The minimum Gasteiger partial charge on any atom is -0.496 e. The molecule has 4 heteroatoms. The van der Waals surface area contributed by atoms with Crippen LogP contribution in [-0.4, -0.2) is 24.2 Å². The lowest BCUT2D eigenvalue weighted by Gasteiger charge is -2.28. The van der Waals surface area contributed by atoms with Gasteiger partial charge < -0.3 is 15.6 Å². The van der Waals surface area contributed by atoms with Gasteiger partial charge in [-0.15, -0.1) is 0 Å². The molecule has 1 aromatic rings. The molecule has 1 atom stereocenters. The van der Waals surface area contributed by atoms with Gasteiger partial charge in [0.25, 0.3) is 0 Å². The van der Waals surface area contributed by atoms with Crippen LogP contribution < -0.4 is 10.5 Å². The zero-order valence-electron chi connectivity index (χ0n) is 10.4. The first-order chi connectivity index (χ1) is 7.88. The van der Waals surface area contributed by atoms with Crippen molar-refractivity contribution in [2.45, 2.75) is 31.7 Å². The van der Waals surface area contributed by atoms with Crippen molar-refractivity contribution in [2.24, 2.45) is 5.73 Å². The normalized spacial score (nSPS) is 13.2.